The average molecular weight is 285 g/mol. The first-order chi connectivity index (χ1) is 9.06. The Bertz CT molecular complexity index is 467. The van der Waals surface area contributed by atoms with Gasteiger partial charge in [0.05, 0.1) is 11.1 Å². The van der Waals surface area contributed by atoms with E-state index in [1.807, 2.05) is 0 Å². The Morgan fingerprint density at radius 1 is 1.58 bits per heavy atom. The number of hydrogen-bond acceptors (Lipinski definition) is 2. The van der Waals surface area contributed by atoms with Gasteiger partial charge in [0.1, 0.15) is 5.82 Å². The van der Waals surface area contributed by atoms with E-state index in [1.165, 1.54) is 12.1 Å². The number of carbonyl (C=O) groups is 1. The van der Waals surface area contributed by atoms with Crippen molar-refractivity contribution in [1.29, 1.82) is 0 Å². The second-order valence-electron chi connectivity index (χ2n) is 5.10. The maximum absolute atomic E-state index is 13.0. The highest BCUT2D eigenvalue weighted by Crippen LogP contribution is 2.17. The minimum atomic E-state index is -0.445. The van der Waals surface area contributed by atoms with Gasteiger partial charge in [0.2, 0.25) is 5.91 Å². The molecule has 0 aromatic heterocycles. The topological polar surface area (TPSA) is 41.1 Å². The molecule has 1 heterocycles. The molecule has 0 spiro atoms. The van der Waals surface area contributed by atoms with Gasteiger partial charge < -0.3 is 10.6 Å². The predicted molar refractivity (Wildman–Crippen MR) is 73.4 cm³/mol. The lowest BCUT2D eigenvalue weighted by Gasteiger charge is -2.27. The molecule has 2 unspecified atom stereocenters. The normalized spacial score (nSPS) is 23.1. The molecule has 104 valence electrons. The third-order valence-electron chi connectivity index (χ3n) is 3.43. The summed E-state index contributed by atoms with van der Waals surface area (Å²) in [7, 11) is 0. The molecular weight excluding hydrogens is 267 g/mol. The Balaban J connectivity index is 1.87. The standard InChI is InChI=1S/C14H18ClFN2O/c1-9-4-5-17-13(6-9)14(19)18-8-10-2-3-12(16)11(15)7-10/h2-3,7,9,13,17H,4-6,8H2,1H3,(H,18,19). The van der Waals surface area contributed by atoms with E-state index in [4.69, 9.17) is 11.6 Å². The molecule has 1 fully saturated rings. The lowest BCUT2D eigenvalue weighted by atomic mass is 9.94. The highest BCUT2D eigenvalue weighted by Gasteiger charge is 2.24. The minimum absolute atomic E-state index is 0.00741. The molecule has 0 saturated carbocycles. The molecule has 1 aromatic carbocycles. The van der Waals surface area contributed by atoms with Gasteiger partial charge >= 0.3 is 0 Å². The van der Waals surface area contributed by atoms with Crippen LogP contribution in [0.2, 0.25) is 5.02 Å². The average Bonchev–Trinajstić information content (AvgIpc) is 2.40. The van der Waals surface area contributed by atoms with Crippen LogP contribution in [0.15, 0.2) is 18.2 Å². The van der Waals surface area contributed by atoms with E-state index < -0.39 is 5.82 Å². The zero-order chi connectivity index (χ0) is 13.8. The summed E-state index contributed by atoms with van der Waals surface area (Å²) in [5, 5.41) is 6.14. The van der Waals surface area contributed by atoms with Crippen molar-refractivity contribution in [2.45, 2.75) is 32.4 Å². The molecule has 3 nitrogen and oxygen atoms in total. The number of piperidine rings is 1. The maximum atomic E-state index is 13.0. The summed E-state index contributed by atoms with van der Waals surface area (Å²) in [5.41, 5.74) is 0.795. The molecule has 1 amide bonds. The zero-order valence-corrected chi connectivity index (χ0v) is 11.6. The molecule has 2 rings (SSSR count). The van der Waals surface area contributed by atoms with Crippen molar-refractivity contribution < 1.29 is 9.18 Å². The lowest BCUT2D eigenvalue weighted by Crippen LogP contribution is -2.48. The van der Waals surface area contributed by atoms with E-state index in [2.05, 4.69) is 17.6 Å². The molecule has 0 bridgehead atoms. The van der Waals surface area contributed by atoms with Gasteiger partial charge in [0.25, 0.3) is 0 Å². The number of benzene rings is 1. The van der Waals surface area contributed by atoms with E-state index in [0.29, 0.717) is 12.5 Å². The summed E-state index contributed by atoms with van der Waals surface area (Å²) in [6.07, 6.45) is 1.97. The van der Waals surface area contributed by atoms with E-state index in [9.17, 15) is 9.18 Å². The largest absolute Gasteiger partial charge is 0.351 e. The van der Waals surface area contributed by atoms with Crippen molar-refractivity contribution in [1.82, 2.24) is 10.6 Å². The molecule has 5 heteroatoms. The number of carbonyl (C=O) groups excluding carboxylic acids is 1. The molecule has 0 radical (unpaired) electrons. The van der Waals surface area contributed by atoms with Crippen molar-refractivity contribution in [3.63, 3.8) is 0 Å². The first-order valence-corrected chi connectivity index (χ1v) is 6.89. The van der Waals surface area contributed by atoms with E-state index >= 15 is 0 Å². The van der Waals surface area contributed by atoms with Gasteiger partial charge in [-0.2, -0.15) is 0 Å². The summed E-state index contributed by atoms with van der Waals surface area (Å²) < 4.78 is 13.0. The highest BCUT2D eigenvalue weighted by molar-refractivity contribution is 6.30. The second-order valence-corrected chi connectivity index (χ2v) is 5.51. The highest BCUT2D eigenvalue weighted by atomic mass is 35.5. The monoisotopic (exact) mass is 284 g/mol. The minimum Gasteiger partial charge on any atom is -0.351 e. The van der Waals surface area contributed by atoms with Gasteiger partial charge in [0.15, 0.2) is 0 Å². The molecule has 1 aliphatic heterocycles. The van der Waals surface area contributed by atoms with Crippen LogP contribution in [0.25, 0.3) is 0 Å². The number of rotatable bonds is 3. The molecule has 19 heavy (non-hydrogen) atoms. The second kappa shape index (κ2) is 6.35. The molecule has 2 atom stereocenters. The van der Waals surface area contributed by atoms with Crippen molar-refractivity contribution in [2.24, 2.45) is 5.92 Å². The van der Waals surface area contributed by atoms with Gasteiger partial charge in [-0.05, 0) is 43.0 Å². The number of nitrogens with one attached hydrogen (secondary N) is 2. The van der Waals surface area contributed by atoms with Crippen LogP contribution in [0.3, 0.4) is 0 Å². The van der Waals surface area contributed by atoms with Crippen LogP contribution in [-0.4, -0.2) is 18.5 Å². The van der Waals surface area contributed by atoms with Crippen LogP contribution in [0.4, 0.5) is 4.39 Å². The molecule has 0 aliphatic carbocycles. The Hall–Kier alpha value is -1.13. The third kappa shape index (κ3) is 3.91. The van der Waals surface area contributed by atoms with E-state index in [0.717, 1.165) is 24.9 Å². The Labute approximate surface area is 117 Å². The van der Waals surface area contributed by atoms with Crippen LogP contribution in [0, 0.1) is 11.7 Å². The summed E-state index contributed by atoms with van der Waals surface area (Å²) in [6, 6.07) is 4.34. The van der Waals surface area contributed by atoms with Gasteiger partial charge in [-0.25, -0.2) is 4.39 Å². The van der Waals surface area contributed by atoms with Gasteiger partial charge in [-0.3, -0.25) is 4.79 Å². The molecule has 1 aliphatic rings. The maximum Gasteiger partial charge on any atom is 0.237 e. The fourth-order valence-electron chi connectivity index (χ4n) is 2.27. The number of hydrogen-bond donors (Lipinski definition) is 2. The van der Waals surface area contributed by atoms with Crippen LogP contribution in [0.1, 0.15) is 25.3 Å². The Kier molecular flexibility index (Phi) is 4.77. The third-order valence-corrected chi connectivity index (χ3v) is 3.72. The predicted octanol–water partition coefficient (Wildman–Crippen LogP) is 2.48. The zero-order valence-electron chi connectivity index (χ0n) is 10.9. The fourth-order valence-corrected chi connectivity index (χ4v) is 2.47. The van der Waals surface area contributed by atoms with Gasteiger partial charge in [-0.15, -0.1) is 0 Å². The quantitative estimate of drug-likeness (QED) is 0.895. The van der Waals surface area contributed by atoms with Crippen LogP contribution < -0.4 is 10.6 Å². The first-order valence-electron chi connectivity index (χ1n) is 6.51. The van der Waals surface area contributed by atoms with E-state index in [-0.39, 0.29) is 17.0 Å². The summed E-state index contributed by atoms with van der Waals surface area (Å²) in [6.45, 7) is 3.40. The van der Waals surface area contributed by atoms with E-state index in [1.54, 1.807) is 6.07 Å². The number of amides is 1. The van der Waals surface area contributed by atoms with Crippen molar-refractivity contribution >= 4 is 17.5 Å². The molecule has 1 saturated heterocycles. The van der Waals surface area contributed by atoms with Crippen molar-refractivity contribution in [3.05, 3.63) is 34.6 Å². The summed E-state index contributed by atoms with van der Waals surface area (Å²) in [4.78, 5) is 12.0. The van der Waals surface area contributed by atoms with Crippen molar-refractivity contribution in [3.8, 4) is 0 Å². The summed E-state index contributed by atoms with van der Waals surface area (Å²) >= 11 is 5.70. The van der Waals surface area contributed by atoms with Gasteiger partial charge in [-0.1, -0.05) is 24.6 Å². The van der Waals surface area contributed by atoms with Crippen LogP contribution in [-0.2, 0) is 11.3 Å². The Morgan fingerprint density at radius 2 is 2.37 bits per heavy atom. The molecular formula is C14H18ClFN2O. The first kappa shape index (κ1) is 14.3. The van der Waals surface area contributed by atoms with Crippen LogP contribution in [0.5, 0.6) is 0 Å². The fraction of sp³-hybridized carbons (Fsp3) is 0.500. The SMILES string of the molecule is CC1CCNC(C(=O)NCc2ccc(F)c(Cl)c2)C1. The summed E-state index contributed by atoms with van der Waals surface area (Å²) in [5.74, 6) is 0.115. The van der Waals surface area contributed by atoms with Crippen molar-refractivity contribution in [2.75, 3.05) is 6.54 Å². The van der Waals surface area contributed by atoms with Crippen LogP contribution >= 0.6 is 11.6 Å². The molecule has 2 N–H and O–H groups in total. The number of halogens is 2. The Morgan fingerprint density at radius 3 is 3.05 bits per heavy atom. The lowest BCUT2D eigenvalue weighted by molar-refractivity contribution is -0.124. The van der Waals surface area contributed by atoms with Gasteiger partial charge in [0, 0.05) is 6.54 Å². The molecule has 1 aromatic rings. The smallest absolute Gasteiger partial charge is 0.237 e.